The predicted octanol–water partition coefficient (Wildman–Crippen LogP) is 19.8. The second-order valence-corrected chi connectivity index (χ2v) is 26.7. The number of rotatable bonds is 53. The number of carbonyl (C=O) groups excluding carboxylic acids is 4. The molecule has 2 aromatic carbocycles. The largest absolute Gasteiger partial charge is 0.508 e. The van der Waals surface area contributed by atoms with Crippen LogP contribution in [0.3, 0.4) is 0 Å². The Morgan fingerprint density at radius 1 is 0.585 bits per heavy atom. The van der Waals surface area contributed by atoms with Crippen molar-refractivity contribution in [2.45, 2.75) is 278 Å². The number of ether oxygens (including phenoxy) is 2. The van der Waals surface area contributed by atoms with Gasteiger partial charge in [-0.1, -0.05) is 147 Å². The number of fused-ring (bicyclic) bond motifs is 2. The molecule has 2 aromatic rings. The number of nitrogens with one attached hydrogen (secondary N) is 3. The zero-order valence-electron chi connectivity index (χ0n) is 58.0. The molecule has 0 spiro atoms. The van der Waals surface area contributed by atoms with Gasteiger partial charge < -0.3 is 39.8 Å². The van der Waals surface area contributed by atoms with Crippen LogP contribution in [0.2, 0.25) is 0 Å². The minimum Gasteiger partial charge on any atom is -0.508 e. The SMILES string of the molecule is CCCCCCCC/C=C\CCCCCCCC(=O)OCC(C)OC(=O)CCCCCCC/C=C\CCCCCCCC.CCOP(=O)(O)OCCCC(=O)CCCCC(=O)NCCCCCNC(=S)Nc1ccc(-c2c3ccc(=O)cc-3oc3cc(O)ccc23)c(C)c1. The average molecular weight is 1340 g/mol. The first kappa shape index (κ1) is 82.5. The van der Waals surface area contributed by atoms with Gasteiger partial charge in [0.25, 0.3) is 0 Å². The summed E-state index contributed by atoms with van der Waals surface area (Å²) in [6.07, 6.45) is 47.4. The Morgan fingerprint density at radius 2 is 1.11 bits per heavy atom. The zero-order chi connectivity index (χ0) is 68.3. The molecule has 2 atom stereocenters. The number of hydrogen-bond acceptors (Lipinski definition) is 13. The molecule has 4 rings (SSSR count). The number of phenols is 1. The highest BCUT2D eigenvalue weighted by molar-refractivity contribution is 7.80. The molecule has 16 nitrogen and oxygen atoms in total. The summed E-state index contributed by atoms with van der Waals surface area (Å²) in [5.41, 5.74) is 4.83. The van der Waals surface area contributed by atoms with E-state index in [0.717, 1.165) is 78.3 Å². The first-order valence-corrected chi connectivity index (χ1v) is 37.9. The van der Waals surface area contributed by atoms with Gasteiger partial charge >= 0.3 is 19.8 Å². The monoisotopic (exact) mass is 1340 g/mol. The number of amides is 1. The van der Waals surface area contributed by atoms with Gasteiger partial charge in [0.15, 0.2) is 10.5 Å². The van der Waals surface area contributed by atoms with Crippen molar-refractivity contribution < 1.29 is 56.7 Å². The van der Waals surface area contributed by atoms with Crippen LogP contribution < -0.4 is 21.4 Å². The van der Waals surface area contributed by atoms with Crippen molar-refractivity contribution in [3.05, 3.63) is 94.7 Å². The standard InChI is InChI=1S/C39H72O4.C37H46N3O9PS/c1-4-6-8-10-12-14-16-18-20-22-24-26-28-30-32-34-38(40)42-36-37(3)43-39(41)35-33-31-29-27-25-23-21-19-17-15-13-11-9-7-5-2;1-3-47-50(45,46)48-21-9-11-27(41)10-5-6-12-35(44)38-19-7-4-8-20-39-37(51)40-26-13-16-30(25(2)22-26)36-31-17-14-28(42)23-33(31)49-34-24-29(43)15-18-32(34)36/h18-21,37H,4-17,22-36H2,1-3H3;13-18,22-24,42H,3-12,19-21H2,1-2H3,(H,38,44)(H,45,46)(H2,39,40,51)/b20-18-,21-19-;. The van der Waals surface area contributed by atoms with Crippen molar-refractivity contribution in [2.75, 3.05) is 38.2 Å². The van der Waals surface area contributed by atoms with Crippen molar-refractivity contribution in [3.8, 4) is 28.2 Å². The number of unbranched alkanes of at least 4 members (excludes halogenated alkanes) is 25. The fraction of sp³-hybridized carbons (Fsp3) is 0.632. The summed E-state index contributed by atoms with van der Waals surface area (Å²) in [6.45, 7) is 11.4. The Labute approximate surface area is 569 Å². The highest BCUT2D eigenvalue weighted by Crippen LogP contribution is 2.44. The van der Waals surface area contributed by atoms with E-state index in [9.17, 15) is 38.5 Å². The number of hydrogen-bond donors (Lipinski definition) is 5. The van der Waals surface area contributed by atoms with Crippen LogP contribution in [0, 0.1) is 6.92 Å². The molecular weight excluding hydrogens is 1230 g/mol. The number of thiocarbonyl (C=S) groups is 1. The molecule has 2 aliphatic rings. The maximum absolute atomic E-state index is 12.1. The van der Waals surface area contributed by atoms with Crippen LogP contribution in [-0.4, -0.2) is 77.8 Å². The van der Waals surface area contributed by atoms with E-state index in [0.29, 0.717) is 74.5 Å². The average Bonchev–Trinajstić information content (AvgIpc) is 0.755. The van der Waals surface area contributed by atoms with Gasteiger partial charge in [0, 0.05) is 79.5 Å². The summed E-state index contributed by atoms with van der Waals surface area (Å²) >= 11 is 5.51. The summed E-state index contributed by atoms with van der Waals surface area (Å²) < 4.78 is 37.5. The zero-order valence-corrected chi connectivity index (χ0v) is 59.7. The lowest BCUT2D eigenvalue weighted by atomic mass is 9.91. The number of Topliss-reactive ketones (excluding diaryl/α,β-unsaturated/α-hetero) is 1. The fourth-order valence-corrected chi connectivity index (χ4v) is 11.9. The minimum absolute atomic E-state index is 0.0265. The van der Waals surface area contributed by atoms with Crippen LogP contribution in [0.1, 0.15) is 271 Å². The van der Waals surface area contributed by atoms with Gasteiger partial charge in [-0.25, -0.2) is 4.57 Å². The van der Waals surface area contributed by atoms with E-state index in [1.165, 1.54) is 153 Å². The number of anilines is 1. The summed E-state index contributed by atoms with van der Waals surface area (Å²) in [5, 5.41) is 20.8. The van der Waals surface area contributed by atoms with Crippen molar-refractivity contribution >= 4 is 65.4 Å². The summed E-state index contributed by atoms with van der Waals surface area (Å²) in [7, 11) is -4.02. The van der Waals surface area contributed by atoms with Crippen molar-refractivity contribution in [3.63, 3.8) is 0 Å². The number of allylic oxidation sites excluding steroid dienone is 4. The van der Waals surface area contributed by atoms with E-state index < -0.39 is 7.82 Å². The summed E-state index contributed by atoms with van der Waals surface area (Å²) in [5.74, 6) is 0.163. The highest BCUT2D eigenvalue weighted by Gasteiger charge is 2.21. The summed E-state index contributed by atoms with van der Waals surface area (Å²) in [6, 6.07) is 15.7. The molecule has 1 aliphatic heterocycles. The van der Waals surface area contributed by atoms with E-state index >= 15 is 0 Å². The molecule has 0 fully saturated rings. The normalized spacial score (nSPS) is 12.4. The maximum Gasteiger partial charge on any atom is 0.472 e. The number of aryl methyl sites for hydroxylation is 1. The second-order valence-electron chi connectivity index (χ2n) is 24.9. The molecule has 18 heteroatoms. The Morgan fingerprint density at radius 3 is 1.70 bits per heavy atom. The molecule has 526 valence electrons. The van der Waals surface area contributed by atoms with Gasteiger partial charge in [-0.05, 0) is 183 Å². The van der Waals surface area contributed by atoms with Gasteiger partial charge in [0.1, 0.15) is 35.6 Å². The lowest BCUT2D eigenvalue weighted by molar-refractivity contribution is -0.158. The Balaban J connectivity index is 0.000000499. The van der Waals surface area contributed by atoms with E-state index in [1.807, 2.05) is 31.2 Å². The number of phosphoric ester groups is 1. The lowest BCUT2D eigenvalue weighted by Gasteiger charge is -2.18. The Bertz CT molecular complexity index is 2890. The third-order valence-corrected chi connectivity index (χ3v) is 17.6. The maximum atomic E-state index is 12.1. The van der Waals surface area contributed by atoms with Crippen molar-refractivity contribution in [1.82, 2.24) is 10.6 Å². The first-order chi connectivity index (χ1) is 45.5. The Kier molecular flexibility index (Phi) is 46.1. The molecule has 5 N–H and O–H groups in total. The van der Waals surface area contributed by atoms with Gasteiger partial charge in [-0.3, -0.25) is 33.0 Å². The van der Waals surface area contributed by atoms with Crippen LogP contribution in [0.15, 0.2) is 88.1 Å². The molecule has 0 saturated heterocycles. The molecule has 0 bridgehead atoms. The number of esters is 2. The molecule has 94 heavy (non-hydrogen) atoms. The predicted molar refractivity (Wildman–Crippen MR) is 388 cm³/mol. The lowest BCUT2D eigenvalue weighted by Crippen LogP contribution is -2.29. The van der Waals surface area contributed by atoms with Crippen LogP contribution >= 0.6 is 20.0 Å². The molecule has 1 heterocycles. The first-order valence-electron chi connectivity index (χ1n) is 36.0. The third kappa shape index (κ3) is 40.0. The van der Waals surface area contributed by atoms with Crippen LogP contribution in [0.5, 0.6) is 5.75 Å². The summed E-state index contributed by atoms with van der Waals surface area (Å²) in [4.78, 5) is 69.6. The van der Waals surface area contributed by atoms with Crippen LogP contribution in [-0.2, 0) is 42.3 Å². The van der Waals surface area contributed by atoms with E-state index in [1.54, 1.807) is 32.0 Å². The number of carbonyl (C=O) groups is 4. The molecular formula is C76H118N3O13PS. The second kappa shape index (κ2) is 52.5. The van der Waals surface area contributed by atoms with E-state index in [-0.39, 0.29) is 67.2 Å². The molecule has 0 radical (unpaired) electrons. The van der Waals surface area contributed by atoms with Gasteiger partial charge in [-0.15, -0.1) is 0 Å². The van der Waals surface area contributed by atoms with Gasteiger partial charge in [-0.2, -0.15) is 0 Å². The van der Waals surface area contributed by atoms with Crippen LogP contribution in [0.25, 0.3) is 33.4 Å². The van der Waals surface area contributed by atoms with Gasteiger partial charge in [0.2, 0.25) is 5.91 Å². The highest BCUT2D eigenvalue weighted by atomic mass is 32.1. The van der Waals surface area contributed by atoms with E-state index in [4.69, 9.17) is 30.6 Å². The third-order valence-electron chi connectivity index (χ3n) is 16.2. The minimum atomic E-state index is -4.02. The fourth-order valence-electron chi connectivity index (χ4n) is 11.0. The number of phosphoric acid groups is 1. The molecule has 2 unspecified atom stereocenters. The van der Waals surface area contributed by atoms with Crippen molar-refractivity contribution in [2.24, 2.45) is 0 Å². The smallest absolute Gasteiger partial charge is 0.472 e. The molecule has 0 aromatic heterocycles. The van der Waals surface area contributed by atoms with Gasteiger partial charge in [0.05, 0.1) is 13.2 Å². The topological polar surface area (TPSA) is 229 Å². The molecule has 0 saturated carbocycles. The molecule has 1 aliphatic carbocycles. The number of benzene rings is 3. The van der Waals surface area contributed by atoms with E-state index in [2.05, 4.69) is 58.6 Å². The number of ketones is 1. The quantitative estimate of drug-likeness (QED) is 0.00691. The molecule has 1 amide bonds. The van der Waals surface area contributed by atoms with Crippen LogP contribution in [0.4, 0.5) is 5.69 Å². The van der Waals surface area contributed by atoms with Crippen molar-refractivity contribution in [1.29, 1.82) is 0 Å². The Hall–Kier alpha value is -5.71. The number of aromatic hydroxyl groups is 1. The number of phenolic OH excluding ortho intramolecular Hbond substituents is 1.